The van der Waals surface area contributed by atoms with E-state index in [9.17, 15) is 0 Å². The van der Waals surface area contributed by atoms with E-state index in [1.807, 2.05) is 29.1 Å². The fraction of sp³-hybridized carbons (Fsp3) is 0.316. The summed E-state index contributed by atoms with van der Waals surface area (Å²) in [5, 5.41) is 8.66. The summed E-state index contributed by atoms with van der Waals surface area (Å²) < 4.78 is 1.96. The van der Waals surface area contributed by atoms with Crippen LogP contribution in [-0.4, -0.2) is 48.0 Å². The molecule has 1 aliphatic heterocycles. The molecule has 0 amide bonds. The summed E-state index contributed by atoms with van der Waals surface area (Å²) in [5.41, 5.74) is 3.63. The quantitative estimate of drug-likeness (QED) is 0.602. The summed E-state index contributed by atoms with van der Waals surface area (Å²) in [7, 11) is 0. The smallest absolute Gasteiger partial charge is 0.182 e. The normalized spacial score (nSPS) is 17.5. The van der Waals surface area contributed by atoms with Gasteiger partial charge in [0.05, 0.1) is 12.5 Å². The van der Waals surface area contributed by atoms with Gasteiger partial charge in [0.25, 0.3) is 0 Å². The average Bonchev–Trinajstić information content (AvgIpc) is 3.38. The lowest BCUT2D eigenvalue weighted by atomic mass is 9.98. The zero-order chi connectivity index (χ0) is 18.1. The van der Waals surface area contributed by atoms with Gasteiger partial charge in [-0.3, -0.25) is 4.68 Å². The Morgan fingerprint density at radius 2 is 2.04 bits per heavy atom. The number of hydrogen-bond donors (Lipinski definition) is 1. The number of rotatable bonds is 4. The van der Waals surface area contributed by atoms with Gasteiger partial charge in [-0.2, -0.15) is 0 Å². The van der Waals surface area contributed by atoms with Gasteiger partial charge in [0.15, 0.2) is 11.5 Å². The molecule has 4 aromatic rings. The third kappa shape index (κ3) is 3.14. The minimum atomic E-state index is 0.497. The van der Waals surface area contributed by atoms with E-state index < -0.39 is 0 Å². The highest BCUT2D eigenvalue weighted by molar-refractivity contribution is 5.82. The first-order valence-electron chi connectivity index (χ1n) is 9.21. The molecule has 1 atom stereocenters. The van der Waals surface area contributed by atoms with Crippen molar-refractivity contribution in [3.05, 3.63) is 49.2 Å². The summed E-state index contributed by atoms with van der Waals surface area (Å²) in [5.74, 6) is 1.43. The number of aromatic amines is 1. The number of H-pyrrole nitrogens is 1. The van der Waals surface area contributed by atoms with E-state index in [-0.39, 0.29) is 0 Å². The molecule has 0 spiro atoms. The molecule has 27 heavy (non-hydrogen) atoms. The third-order valence-electron chi connectivity index (χ3n) is 5.07. The molecule has 136 valence electrons. The number of nitrogens with zero attached hydrogens (tertiary/aromatic N) is 7. The zero-order valence-electron chi connectivity index (χ0n) is 14.9. The SMILES string of the molecule is c1ccc(-c2cn(CC3CCCN(c4ncnc5nc[nH]c45)C3)nn2)cc1. The molecule has 1 unspecified atom stereocenters. The lowest BCUT2D eigenvalue weighted by Crippen LogP contribution is -2.37. The van der Waals surface area contributed by atoms with E-state index in [0.717, 1.165) is 48.6 Å². The molecule has 1 fully saturated rings. The predicted molar refractivity (Wildman–Crippen MR) is 102 cm³/mol. The van der Waals surface area contributed by atoms with Crippen LogP contribution in [0.1, 0.15) is 12.8 Å². The molecule has 5 rings (SSSR count). The average molecular weight is 360 g/mol. The Morgan fingerprint density at radius 1 is 1.11 bits per heavy atom. The second-order valence-corrected chi connectivity index (χ2v) is 6.94. The Labute approximate surface area is 156 Å². The van der Waals surface area contributed by atoms with Crippen LogP contribution >= 0.6 is 0 Å². The maximum absolute atomic E-state index is 4.50. The van der Waals surface area contributed by atoms with E-state index in [0.29, 0.717) is 11.6 Å². The summed E-state index contributed by atoms with van der Waals surface area (Å²) in [6.07, 6.45) is 7.60. The third-order valence-corrected chi connectivity index (χ3v) is 5.07. The Kier molecular flexibility index (Phi) is 4.00. The van der Waals surface area contributed by atoms with Crippen LogP contribution in [0, 0.1) is 5.92 Å². The molecule has 1 saturated heterocycles. The van der Waals surface area contributed by atoms with Crippen LogP contribution in [0.3, 0.4) is 0 Å². The van der Waals surface area contributed by atoms with Crippen LogP contribution in [0.15, 0.2) is 49.2 Å². The van der Waals surface area contributed by atoms with Crippen LogP contribution < -0.4 is 4.90 Å². The fourth-order valence-electron chi connectivity index (χ4n) is 3.79. The van der Waals surface area contributed by atoms with Crippen LogP contribution in [0.25, 0.3) is 22.4 Å². The molecule has 4 heterocycles. The first-order valence-corrected chi connectivity index (χ1v) is 9.21. The topological polar surface area (TPSA) is 88.4 Å². The van der Waals surface area contributed by atoms with Gasteiger partial charge in [0.2, 0.25) is 0 Å². The van der Waals surface area contributed by atoms with Gasteiger partial charge < -0.3 is 9.88 Å². The molecule has 1 aromatic carbocycles. The molecule has 0 radical (unpaired) electrons. The number of benzene rings is 1. The number of anilines is 1. The van der Waals surface area contributed by atoms with Crippen molar-refractivity contribution >= 4 is 17.0 Å². The fourth-order valence-corrected chi connectivity index (χ4v) is 3.79. The van der Waals surface area contributed by atoms with Crippen LogP contribution in [0.4, 0.5) is 5.82 Å². The Morgan fingerprint density at radius 3 is 2.96 bits per heavy atom. The molecule has 3 aromatic heterocycles. The van der Waals surface area contributed by atoms with E-state index in [2.05, 4.69) is 47.3 Å². The largest absolute Gasteiger partial charge is 0.354 e. The van der Waals surface area contributed by atoms with Crippen molar-refractivity contribution in [3.63, 3.8) is 0 Å². The first-order chi connectivity index (χ1) is 13.4. The van der Waals surface area contributed by atoms with Gasteiger partial charge in [-0.25, -0.2) is 15.0 Å². The summed E-state index contributed by atoms with van der Waals surface area (Å²) in [4.78, 5) is 18.4. The van der Waals surface area contributed by atoms with Crippen molar-refractivity contribution in [3.8, 4) is 11.3 Å². The number of imidazole rings is 1. The Hall–Kier alpha value is -3.29. The highest BCUT2D eigenvalue weighted by Crippen LogP contribution is 2.26. The zero-order valence-corrected chi connectivity index (χ0v) is 14.9. The lowest BCUT2D eigenvalue weighted by molar-refractivity contribution is 0.347. The molecule has 0 aliphatic carbocycles. The van der Waals surface area contributed by atoms with Crippen molar-refractivity contribution in [2.45, 2.75) is 19.4 Å². The van der Waals surface area contributed by atoms with Crippen molar-refractivity contribution < 1.29 is 0 Å². The maximum Gasteiger partial charge on any atom is 0.182 e. The van der Waals surface area contributed by atoms with Gasteiger partial charge in [0.1, 0.15) is 17.5 Å². The standard InChI is InChI=1S/C19H20N8/c1-2-6-15(7-3-1)16-11-27(25-24-16)10-14-5-4-8-26(9-14)19-17-18(21-12-20-17)22-13-23-19/h1-3,6-7,11-14H,4-5,8-10H2,(H,20,21,22,23). The second-order valence-electron chi connectivity index (χ2n) is 6.94. The number of fused-ring (bicyclic) bond motifs is 1. The Balaban J connectivity index is 1.32. The first kappa shape index (κ1) is 15.9. The van der Waals surface area contributed by atoms with Gasteiger partial charge in [-0.1, -0.05) is 35.5 Å². The van der Waals surface area contributed by atoms with Gasteiger partial charge in [-0.05, 0) is 18.8 Å². The van der Waals surface area contributed by atoms with E-state index in [4.69, 9.17) is 0 Å². The summed E-state index contributed by atoms with van der Waals surface area (Å²) in [6, 6.07) is 10.2. The molecular formula is C19H20N8. The van der Waals surface area contributed by atoms with Crippen molar-refractivity contribution in [1.82, 2.24) is 34.9 Å². The minimum Gasteiger partial charge on any atom is -0.354 e. The number of nitrogens with one attached hydrogen (secondary N) is 1. The van der Waals surface area contributed by atoms with Crippen molar-refractivity contribution in [2.75, 3.05) is 18.0 Å². The predicted octanol–water partition coefficient (Wildman–Crippen LogP) is 2.53. The lowest BCUT2D eigenvalue weighted by Gasteiger charge is -2.33. The molecule has 0 bridgehead atoms. The molecule has 1 aliphatic rings. The van der Waals surface area contributed by atoms with E-state index >= 15 is 0 Å². The van der Waals surface area contributed by atoms with Gasteiger partial charge in [-0.15, -0.1) is 5.10 Å². The Bertz CT molecular complexity index is 1040. The molecule has 1 N–H and O–H groups in total. The van der Waals surface area contributed by atoms with E-state index in [1.54, 1.807) is 12.7 Å². The maximum atomic E-state index is 4.50. The monoisotopic (exact) mass is 360 g/mol. The summed E-state index contributed by atoms with van der Waals surface area (Å²) in [6.45, 7) is 2.79. The number of aromatic nitrogens is 7. The highest BCUT2D eigenvalue weighted by atomic mass is 15.4. The van der Waals surface area contributed by atoms with Crippen molar-refractivity contribution in [2.24, 2.45) is 5.92 Å². The molecule has 8 nitrogen and oxygen atoms in total. The van der Waals surface area contributed by atoms with Gasteiger partial charge >= 0.3 is 0 Å². The van der Waals surface area contributed by atoms with Crippen LogP contribution in [-0.2, 0) is 6.54 Å². The number of hydrogen-bond acceptors (Lipinski definition) is 6. The highest BCUT2D eigenvalue weighted by Gasteiger charge is 2.24. The number of piperidine rings is 1. The van der Waals surface area contributed by atoms with Crippen LogP contribution in [0.2, 0.25) is 0 Å². The van der Waals surface area contributed by atoms with Crippen LogP contribution in [0.5, 0.6) is 0 Å². The van der Waals surface area contributed by atoms with Gasteiger partial charge in [0, 0.05) is 25.2 Å². The molecule has 8 heteroatoms. The van der Waals surface area contributed by atoms with Crippen molar-refractivity contribution in [1.29, 1.82) is 0 Å². The van der Waals surface area contributed by atoms with E-state index in [1.165, 1.54) is 6.42 Å². The second kappa shape index (κ2) is 6.79. The molecular weight excluding hydrogens is 340 g/mol. The summed E-state index contributed by atoms with van der Waals surface area (Å²) >= 11 is 0. The molecule has 0 saturated carbocycles. The minimum absolute atomic E-state index is 0.497.